The summed E-state index contributed by atoms with van der Waals surface area (Å²) in [4.78, 5) is 18.4. The Hall–Kier alpha value is -2.67. The lowest BCUT2D eigenvalue weighted by Crippen LogP contribution is -2.47. The Bertz CT molecular complexity index is 882. The lowest BCUT2D eigenvalue weighted by atomic mass is 10.1. The third-order valence-corrected chi connectivity index (χ3v) is 5.23. The summed E-state index contributed by atoms with van der Waals surface area (Å²) in [6, 6.07) is 8.64. The van der Waals surface area contributed by atoms with Crippen LogP contribution in [0.25, 0.3) is 11.1 Å². The van der Waals surface area contributed by atoms with Gasteiger partial charge in [0.25, 0.3) is 6.01 Å². The second-order valence-electron chi connectivity index (χ2n) is 6.81. The fourth-order valence-electron chi connectivity index (χ4n) is 3.83. The molecule has 2 aliphatic rings. The molecule has 2 aromatic heterocycles. The zero-order valence-corrected chi connectivity index (χ0v) is 14.7. The number of hydrogen-bond acceptors (Lipinski definition) is 7. The number of aromatic nitrogens is 3. The number of anilines is 2. The van der Waals surface area contributed by atoms with Crippen molar-refractivity contribution in [3.8, 4) is 0 Å². The van der Waals surface area contributed by atoms with Crippen LogP contribution in [0.3, 0.4) is 0 Å². The minimum Gasteiger partial charge on any atom is -0.423 e. The maximum Gasteiger partial charge on any atom is 0.298 e. The van der Waals surface area contributed by atoms with Gasteiger partial charge >= 0.3 is 0 Å². The first kappa shape index (κ1) is 15.6. The number of hydrogen-bond donors (Lipinski definition) is 1. The molecule has 0 bridgehead atoms. The molecule has 0 aliphatic carbocycles. The molecule has 1 N–H and O–H groups in total. The van der Waals surface area contributed by atoms with Gasteiger partial charge in [0, 0.05) is 44.7 Å². The number of nitrogens with one attached hydrogen (secondary N) is 1. The number of fused-ring (bicyclic) bond motifs is 2. The van der Waals surface area contributed by atoms with Gasteiger partial charge in [-0.15, -0.1) is 0 Å². The average Bonchev–Trinajstić information content (AvgIpc) is 2.98. The van der Waals surface area contributed by atoms with Gasteiger partial charge in [-0.1, -0.05) is 12.1 Å². The van der Waals surface area contributed by atoms with E-state index in [9.17, 15) is 0 Å². The Balaban J connectivity index is 1.34. The predicted octanol–water partition coefficient (Wildman–Crippen LogP) is 1.63. The maximum atomic E-state index is 5.92. The highest BCUT2D eigenvalue weighted by molar-refractivity contribution is 5.74. The molecule has 2 aliphatic heterocycles. The maximum absolute atomic E-state index is 5.92. The van der Waals surface area contributed by atoms with Gasteiger partial charge in [-0.3, -0.25) is 0 Å². The number of nitrogens with zero attached hydrogens (tertiary/aromatic N) is 5. The van der Waals surface area contributed by atoms with Gasteiger partial charge in [0.05, 0.1) is 5.69 Å². The molecule has 4 heterocycles. The molecule has 0 spiro atoms. The van der Waals surface area contributed by atoms with Crippen LogP contribution in [0, 0.1) is 0 Å². The highest BCUT2D eigenvalue weighted by Gasteiger charge is 2.25. The standard InChI is InChI=1S/C19H22N6O/c1-2-4-17-16(3-1)23-19(26-17)25-11-9-24(10-12-25)18-14-5-7-20-8-6-15(14)21-13-22-18/h1-4,13,20H,5-12H2. The number of benzene rings is 1. The summed E-state index contributed by atoms with van der Waals surface area (Å²) < 4.78 is 5.92. The zero-order valence-electron chi connectivity index (χ0n) is 14.7. The van der Waals surface area contributed by atoms with Gasteiger partial charge in [-0.05, 0) is 25.1 Å². The van der Waals surface area contributed by atoms with Crippen molar-refractivity contribution in [2.45, 2.75) is 12.8 Å². The van der Waals surface area contributed by atoms with E-state index in [0.717, 1.165) is 75.0 Å². The van der Waals surface area contributed by atoms with Gasteiger partial charge in [0.2, 0.25) is 0 Å². The number of para-hydroxylation sites is 2. The van der Waals surface area contributed by atoms with E-state index in [-0.39, 0.29) is 0 Å². The summed E-state index contributed by atoms with van der Waals surface area (Å²) in [6.45, 7) is 5.57. The number of oxazole rings is 1. The van der Waals surface area contributed by atoms with Gasteiger partial charge in [0.15, 0.2) is 5.58 Å². The molecule has 7 nitrogen and oxygen atoms in total. The smallest absolute Gasteiger partial charge is 0.298 e. The molecule has 1 saturated heterocycles. The van der Waals surface area contributed by atoms with Crippen LogP contribution in [0.2, 0.25) is 0 Å². The number of piperazine rings is 1. The Morgan fingerprint density at radius 2 is 1.73 bits per heavy atom. The van der Waals surface area contributed by atoms with Crippen LogP contribution in [-0.4, -0.2) is 54.2 Å². The molecule has 26 heavy (non-hydrogen) atoms. The van der Waals surface area contributed by atoms with Crippen molar-refractivity contribution in [1.29, 1.82) is 0 Å². The summed E-state index contributed by atoms with van der Waals surface area (Å²) in [6.07, 6.45) is 3.69. The van der Waals surface area contributed by atoms with Crippen LogP contribution in [0.5, 0.6) is 0 Å². The van der Waals surface area contributed by atoms with Crippen LogP contribution in [0.1, 0.15) is 11.3 Å². The van der Waals surface area contributed by atoms with Gasteiger partial charge < -0.3 is 19.5 Å². The molecular formula is C19H22N6O. The van der Waals surface area contributed by atoms with Gasteiger partial charge in [-0.25, -0.2) is 9.97 Å². The van der Waals surface area contributed by atoms with Crippen LogP contribution in [0.4, 0.5) is 11.8 Å². The molecule has 134 valence electrons. The third-order valence-electron chi connectivity index (χ3n) is 5.23. The first-order valence-electron chi connectivity index (χ1n) is 9.27. The van der Waals surface area contributed by atoms with Crippen molar-refractivity contribution >= 4 is 22.9 Å². The molecule has 7 heteroatoms. The topological polar surface area (TPSA) is 70.3 Å². The fraction of sp³-hybridized carbons (Fsp3) is 0.421. The SMILES string of the molecule is c1ccc2oc(N3CCN(c4ncnc5c4CCNCC5)CC3)nc2c1. The lowest BCUT2D eigenvalue weighted by Gasteiger charge is -2.35. The van der Waals surface area contributed by atoms with Crippen molar-refractivity contribution in [3.05, 3.63) is 41.9 Å². The molecule has 0 amide bonds. The van der Waals surface area contributed by atoms with Crippen molar-refractivity contribution in [2.24, 2.45) is 0 Å². The van der Waals surface area contributed by atoms with E-state index in [1.54, 1.807) is 6.33 Å². The average molecular weight is 350 g/mol. The Morgan fingerprint density at radius 1 is 0.923 bits per heavy atom. The Labute approximate surface area is 152 Å². The summed E-state index contributed by atoms with van der Waals surface area (Å²) >= 11 is 0. The predicted molar refractivity (Wildman–Crippen MR) is 101 cm³/mol. The second-order valence-corrected chi connectivity index (χ2v) is 6.81. The van der Waals surface area contributed by atoms with E-state index in [0.29, 0.717) is 0 Å². The summed E-state index contributed by atoms with van der Waals surface area (Å²) in [5.41, 5.74) is 4.27. The van der Waals surface area contributed by atoms with Crippen LogP contribution < -0.4 is 15.1 Å². The lowest BCUT2D eigenvalue weighted by molar-refractivity contribution is 0.539. The molecule has 0 atom stereocenters. The minimum atomic E-state index is 0.719. The van der Waals surface area contributed by atoms with E-state index < -0.39 is 0 Å². The normalized spacial score (nSPS) is 18.0. The molecule has 0 saturated carbocycles. The Kier molecular flexibility index (Phi) is 3.93. The first-order chi connectivity index (χ1) is 12.9. The molecule has 0 radical (unpaired) electrons. The minimum absolute atomic E-state index is 0.719. The van der Waals surface area contributed by atoms with Crippen LogP contribution >= 0.6 is 0 Å². The van der Waals surface area contributed by atoms with Crippen molar-refractivity contribution < 1.29 is 4.42 Å². The Morgan fingerprint density at radius 3 is 2.62 bits per heavy atom. The van der Waals surface area contributed by atoms with Crippen molar-refractivity contribution in [2.75, 3.05) is 49.1 Å². The highest BCUT2D eigenvalue weighted by atomic mass is 16.4. The van der Waals surface area contributed by atoms with E-state index in [1.807, 2.05) is 24.3 Å². The van der Waals surface area contributed by atoms with E-state index in [2.05, 4.69) is 30.1 Å². The summed E-state index contributed by atoms with van der Waals surface area (Å²) in [5.74, 6) is 1.11. The van der Waals surface area contributed by atoms with Gasteiger partial charge in [-0.2, -0.15) is 4.98 Å². The monoisotopic (exact) mass is 350 g/mol. The summed E-state index contributed by atoms with van der Waals surface area (Å²) in [7, 11) is 0. The van der Waals surface area contributed by atoms with E-state index >= 15 is 0 Å². The third kappa shape index (κ3) is 2.78. The molecule has 5 rings (SSSR count). The molecule has 0 unspecified atom stereocenters. The summed E-state index contributed by atoms with van der Waals surface area (Å²) in [5, 5.41) is 3.45. The second kappa shape index (κ2) is 6.57. The van der Waals surface area contributed by atoms with E-state index in [1.165, 1.54) is 11.3 Å². The quantitative estimate of drug-likeness (QED) is 0.753. The van der Waals surface area contributed by atoms with Crippen molar-refractivity contribution in [3.63, 3.8) is 0 Å². The molecule has 1 aromatic carbocycles. The highest BCUT2D eigenvalue weighted by Crippen LogP contribution is 2.26. The molecule has 3 aromatic rings. The van der Waals surface area contributed by atoms with Crippen LogP contribution in [0.15, 0.2) is 35.0 Å². The fourth-order valence-corrected chi connectivity index (χ4v) is 3.83. The largest absolute Gasteiger partial charge is 0.423 e. The van der Waals surface area contributed by atoms with Crippen LogP contribution in [-0.2, 0) is 12.8 Å². The molecule has 1 fully saturated rings. The zero-order chi connectivity index (χ0) is 17.3. The first-order valence-corrected chi connectivity index (χ1v) is 9.27. The van der Waals surface area contributed by atoms with Gasteiger partial charge in [0.1, 0.15) is 17.7 Å². The molecular weight excluding hydrogens is 328 g/mol. The van der Waals surface area contributed by atoms with Crippen molar-refractivity contribution in [1.82, 2.24) is 20.3 Å². The van der Waals surface area contributed by atoms with E-state index in [4.69, 9.17) is 4.42 Å². The number of rotatable bonds is 2.